The average Bonchev–Trinajstić information content (AvgIpc) is 3.64. The Bertz CT molecular complexity index is 1480. The van der Waals surface area contributed by atoms with E-state index >= 15 is 0 Å². The zero-order valence-electron chi connectivity index (χ0n) is 32.8. The normalized spacial score (nSPS) is 17.7. The van der Waals surface area contributed by atoms with Crippen molar-refractivity contribution in [2.75, 3.05) is 26.7 Å². The summed E-state index contributed by atoms with van der Waals surface area (Å²) in [7, 11) is 1.99. The first kappa shape index (κ1) is 43.9. The number of benzene rings is 1. The summed E-state index contributed by atoms with van der Waals surface area (Å²) in [4.78, 5) is 76.0. The lowest BCUT2D eigenvalue weighted by Gasteiger charge is -2.39. The Morgan fingerprint density at radius 1 is 1.09 bits per heavy atom. The number of nitrogens with zero attached hydrogens (tertiary/aromatic N) is 3. The minimum Gasteiger partial charge on any atom is -0.455 e. The summed E-state index contributed by atoms with van der Waals surface area (Å²) in [6.07, 6.45) is 4.71. The van der Waals surface area contributed by atoms with E-state index in [0.717, 1.165) is 37.8 Å². The molecule has 2 N–H and O–H groups in total. The molecule has 2 heterocycles. The Kier molecular flexibility index (Phi) is 18.3. The number of aliphatic hydroxyl groups excluding tert-OH is 1. The van der Waals surface area contributed by atoms with E-state index in [1.54, 1.807) is 5.38 Å². The highest BCUT2D eigenvalue weighted by Gasteiger charge is 2.39. The molecule has 0 aliphatic carbocycles. The number of esters is 1. The Morgan fingerprint density at radius 3 is 2.42 bits per heavy atom. The smallest absolute Gasteiger partial charge is 0.303 e. The van der Waals surface area contributed by atoms with Crippen molar-refractivity contribution < 1.29 is 33.8 Å². The second-order valence-corrected chi connectivity index (χ2v) is 15.8. The number of likely N-dealkylation sites (N-methyl/N-ethyl adjacent to an activating group) is 1. The van der Waals surface area contributed by atoms with E-state index < -0.39 is 29.9 Å². The summed E-state index contributed by atoms with van der Waals surface area (Å²) in [5, 5.41) is 14.1. The van der Waals surface area contributed by atoms with E-state index in [4.69, 9.17) is 4.74 Å². The predicted octanol–water partition coefficient (Wildman–Crippen LogP) is 6.19. The zero-order valence-corrected chi connectivity index (χ0v) is 33.7. The molecule has 1 aromatic carbocycles. The maximum absolute atomic E-state index is 14.6. The number of carbonyl (C=O) groups is 5. The molecule has 0 bridgehead atoms. The number of thiazole rings is 1. The Morgan fingerprint density at radius 2 is 1.81 bits per heavy atom. The fourth-order valence-electron chi connectivity index (χ4n) is 7.22. The van der Waals surface area contributed by atoms with Crippen LogP contribution in [0.1, 0.15) is 126 Å². The van der Waals surface area contributed by atoms with Gasteiger partial charge in [-0.3, -0.25) is 28.9 Å². The van der Waals surface area contributed by atoms with Gasteiger partial charge in [0.1, 0.15) is 10.7 Å². The largest absolute Gasteiger partial charge is 0.455 e. The summed E-state index contributed by atoms with van der Waals surface area (Å²) >= 11 is 1.19. The molecule has 1 fully saturated rings. The van der Waals surface area contributed by atoms with Crippen LogP contribution in [0.3, 0.4) is 0 Å². The van der Waals surface area contributed by atoms with Crippen LogP contribution in [0.4, 0.5) is 0 Å². The third-order valence-electron chi connectivity index (χ3n) is 10.5. The highest BCUT2D eigenvalue weighted by molar-refractivity contribution is 7.09. The van der Waals surface area contributed by atoms with Crippen LogP contribution in [0.15, 0.2) is 35.7 Å². The minimum atomic E-state index is -0.829. The van der Waals surface area contributed by atoms with Gasteiger partial charge in [0.25, 0.3) is 5.91 Å². The Balaban J connectivity index is 1.87. The third-order valence-corrected chi connectivity index (χ3v) is 11.4. The van der Waals surface area contributed by atoms with E-state index in [1.807, 2.05) is 76.9 Å². The molecule has 1 aliphatic rings. The van der Waals surface area contributed by atoms with Crippen LogP contribution in [-0.2, 0) is 30.3 Å². The molecule has 0 spiro atoms. The minimum absolute atomic E-state index is 0.00180. The van der Waals surface area contributed by atoms with Gasteiger partial charge in [-0.25, -0.2) is 4.98 Å². The molecule has 1 saturated heterocycles. The van der Waals surface area contributed by atoms with Crippen LogP contribution in [0, 0.1) is 17.8 Å². The van der Waals surface area contributed by atoms with Crippen molar-refractivity contribution in [2.45, 2.75) is 130 Å². The topological polar surface area (TPSA) is 146 Å². The molecule has 2 aromatic rings. The van der Waals surface area contributed by atoms with Crippen LogP contribution >= 0.6 is 11.3 Å². The molecule has 0 radical (unpaired) electrons. The number of hydrogen-bond acceptors (Lipinski definition) is 10. The molecular formula is C41H62N4O7S. The summed E-state index contributed by atoms with van der Waals surface area (Å²) in [6, 6.07) is 8.08. The number of ether oxygens (including phenoxy) is 1. The first-order chi connectivity index (χ1) is 25.3. The molecule has 294 valence electrons. The lowest BCUT2D eigenvalue weighted by molar-refractivity contribution is -0.150. The van der Waals surface area contributed by atoms with Crippen LogP contribution in [-0.4, -0.2) is 94.1 Å². The van der Waals surface area contributed by atoms with Gasteiger partial charge >= 0.3 is 5.97 Å². The summed E-state index contributed by atoms with van der Waals surface area (Å²) in [5.74, 6) is -1.65. The molecule has 11 nitrogen and oxygen atoms in total. The SMILES string of the molecule is CCCN(C(=O)C(CC(=O)C1CCCCN1C)[C@@H](C)CC)[C@H](C[C@@H](OC(C)=O)c1nc(C(=O)N[C@@H](Cc2ccccc2)C(=O)CCCO)cs1)C(C)C. The van der Waals surface area contributed by atoms with E-state index in [9.17, 15) is 29.1 Å². The number of Topliss-reactive ketones (excluding diaryl/α,β-unsaturated/α-hetero) is 2. The monoisotopic (exact) mass is 754 g/mol. The number of carbonyl (C=O) groups excluding carboxylic acids is 5. The Hall–Kier alpha value is -3.48. The fraction of sp³-hybridized carbons (Fsp3) is 0.659. The van der Waals surface area contributed by atoms with Crippen LogP contribution < -0.4 is 5.32 Å². The number of amides is 2. The number of likely N-dealkylation sites (tertiary alicyclic amines) is 1. The predicted molar refractivity (Wildman–Crippen MR) is 207 cm³/mol. The van der Waals surface area contributed by atoms with Gasteiger partial charge in [0.15, 0.2) is 17.7 Å². The van der Waals surface area contributed by atoms with Crippen molar-refractivity contribution in [1.82, 2.24) is 20.1 Å². The lowest BCUT2D eigenvalue weighted by atomic mass is 9.82. The maximum Gasteiger partial charge on any atom is 0.303 e. The number of piperidine rings is 1. The van der Waals surface area contributed by atoms with Gasteiger partial charge in [0.2, 0.25) is 5.91 Å². The van der Waals surface area contributed by atoms with Gasteiger partial charge < -0.3 is 20.1 Å². The van der Waals surface area contributed by atoms with Gasteiger partial charge in [-0.05, 0) is 63.1 Å². The highest BCUT2D eigenvalue weighted by Crippen LogP contribution is 2.33. The van der Waals surface area contributed by atoms with Crippen molar-refractivity contribution in [2.24, 2.45) is 17.8 Å². The first-order valence-electron chi connectivity index (χ1n) is 19.4. The van der Waals surface area contributed by atoms with E-state index in [-0.39, 0.29) is 73.0 Å². The molecule has 53 heavy (non-hydrogen) atoms. The van der Waals surface area contributed by atoms with Crippen molar-refractivity contribution >= 4 is 40.7 Å². The van der Waals surface area contributed by atoms with Gasteiger partial charge in [0.05, 0.1) is 12.1 Å². The Labute approximate surface area is 320 Å². The van der Waals surface area contributed by atoms with Crippen molar-refractivity contribution in [3.63, 3.8) is 0 Å². The summed E-state index contributed by atoms with van der Waals surface area (Å²) in [5.41, 5.74) is 0.983. The van der Waals surface area contributed by atoms with E-state index in [1.165, 1.54) is 18.3 Å². The number of hydrogen-bond donors (Lipinski definition) is 2. The molecule has 2 unspecified atom stereocenters. The average molecular weight is 755 g/mol. The number of ketones is 2. The van der Waals surface area contributed by atoms with Gasteiger partial charge in [-0.15, -0.1) is 11.3 Å². The van der Waals surface area contributed by atoms with Crippen molar-refractivity contribution in [1.29, 1.82) is 0 Å². The van der Waals surface area contributed by atoms with Crippen LogP contribution in [0.2, 0.25) is 0 Å². The van der Waals surface area contributed by atoms with E-state index in [0.29, 0.717) is 30.8 Å². The molecule has 2 amide bonds. The zero-order chi connectivity index (χ0) is 39.1. The lowest BCUT2D eigenvalue weighted by Crippen LogP contribution is -2.50. The molecule has 3 rings (SSSR count). The first-order valence-corrected chi connectivity index (χ1v) is 20.3. The molecule has 0 saturated carbocycles. The van der Waals surface area contributed by atoms with E-state index in [2.05, 4.69) is 15.2 Å². The molecule has 1 aromatic heterocycles. The fourth-order valence-corrected chi connectivity index (χ4v) is 8.06. The third kappa shape index (κ3) is 13.1. The quantitative estimate of drug-likeness (QED) is 0.134. The van der Waals surface area contributed by atoms with Crippen LogP contribution in [0.5, 0.6) is 0 Å². The van der Waals surface area contributed by atoms with Crippen molar-refractivity contribution in [3.05, 3.63) is 52.0 Å². The number of aliphatic hydroxyl groups is 1. The number of nitrogens with one attached hydrogen (secondary N) is 1. The molecule has 12 heteroatoms. The van der Waals surface area contributed by atoms with Gasteiger partial charge in [0, 0.05) is 56.7 Å². The summed E-state index contributed by atoms with van der Waals surface area (Å²) in [6.45, 7) is 12.7. The standard InChI is InChI=1S/C41H62N4O7S/c1-8-20-45(41(51)31(28(5)9-2)24-37(49)34-18-13-14-21-44(34)7)35(27(3)4)25-38(52-29(6)47)40-43-33(26-53-40)39(50)42-32(36(48)19-15-22-46)23-30-16-11-10-12-17-30/h10-12,16-17,26-28,31-32,34-35,38,46H,8-9,13-15,18-25H2,1-7H3,(H,42,50)/t28-,31?,32-,34?,35+,38+/m0/s1. The maximum atomic E-state index is 14.6. The van der Waals surface area contributed by atoms with Gasteiger partial charge in [-0.2, -0.15) is 0 Å². The second-order valence-electron chi connectivity index (χ2n) is 14.9. The highest BCUT2D eigenvalue weighted by atomic mass is 32.1. The summed E-state index contributed by atoms with van der Waals surface area (Å²) < 4.78 is 5.85. The molecule has 1 aliphatic heterocycles. The van der Waals surface area contributed by atoms with Crippen molar-refractivity contribution in [3.8, 4) is 0 Å². The molecule has 6 atom stereocenters. The van der Waals surface area contributed by atoms with Crippen LogP contribution in [0.25, 0.3) is 0 Å². The number of rotatable bonds is 22. The number of aromatic nitrogens is 1. The second kappa shape index (κ2) is 22.0. The van der Waals surface area contributed by atoms with Gasteiger partial charge in [-0.1, -0.05) is 77.8 Å². The molecular weight excluding hydrogens is 693 g/mol.